The molecule has 0 spiro atoms. The van der Waals surface area contributed by atoms with E-state index in [0.29, 0.717) is 37.7 Å². The topological polar surface area (TPSA) is 71.5 Å². The van der Waals surface area contributed by atoms with Gasteiger partial charge in [-0.05, 0) is 51.0 Å². The molecule has 6 nitrogen and oxygen atoms in total. The van der Waals surface area contributed by atoms with Gasteiger partial charge < -0.3 is 15.0 Å². The van der Waals surface area contributed by atoms with Crippen molar-refractivity contribution in [2.45, 2.75) is 26.7 Å². The highest BCUT2D eigenvalue weighted by atomic mass is 32.1. The van der Waals surface area contributed by atoms with Crippen LogP contribution in [0, 0.1) is 18.7 Å². The van der Waals surface area contributed by atoms with Crippen molar-refractivity contribution in [3.63, 3.8) is 0 Å². The highest BCUT2D eigenvalue weighted by Crippen LogP contribution is 2.31. The molecule has 27 heavy (non-hydrogen) atoms. The van der Waals surface area contributed by atoms with Gasteiger partial charge in [-0.3, -0.25) is 4.79 Å². The van der Waals surface area contributed by atoms with Crippen molar-refractivity contribution in [2.75, 3.05) is 25.0 Å². The molecular weight excluding hydrogens is 369 g/mol. The Morgan fingerprint density at radius 1 is 1.30 bits per heavy atom. The van der Waals surface area contributed by atoms with E-state index in [1.165, 1.54) is 23.5 Å². The Hall–Kier alpha value is -2.48. The number of aromatic nitrogens is 1. The summed E-state index contributed by atoms with van der Waals surface area (Å²) in [6, 6.07) is 6.13. The second kappa shape index (κ2) is 8.47. The zero-order valence-electron chi connectivity index (χ0n) is 15.3. The fourth-order valence-electron chi connectivity index (χ4n) is 3.07. The van der Waals surface area contributed by atoms with Crippen LogP contribution in [-0.4, -0.2) is 41.6 Å². The molecule has 1 aromatic heterocycles. The fourth-order valence-corrected chi connectivity index (χ4v) is 3.91. The highest BCUT2D eigenvalue weighted by Gasteiger charge is 2.28. The number of nitrogens with one attached hydrogen (secondary N) is 1. The average Bonchev–Trinajstić information content (AvgIpc) is 3.02. The summed E-state index contributed by atoms with van der Waals surface area (Å²) < 4.78 is 18.1. The third kappa shape index (κ3) is 4.63. The van der Waals surface area contributed by atoms with E-state index in [4.69, 9.17) is 4.74 Å². The van der Waals surface area contributed by atoms with Crippen molar-refractivity contribution >= 4 is 28.5 Å². The first-order valence-electron chi connectivity index (χ1n) is 8.94. The van der Waals surface area contributed by atoms with Crippen molar-refractivity contribution < 1.29 is 18.7 Å². The second-order valence-corrected chi connectivity index (χ2v) is 7.58. The first-order chi connectivity index (χ1) is 13.0. The van der Waals surface area contributed by atoms with E-state index in [0.717, 1.165) is 16.1 Å². The van der Waals surface area contributed by atoms with Crippen molar-refractivity contribution in [3.8, 4) is 11.3 Å². The third-order valence-corrected chi connectivity index (χ3v) is 5.42. The van der Waals surface area contributed by atoms with Gasteiger partial charge in [-0.2, -0.15) is 0 Å². The zero-order valence-corrected chi connectivity index (χ0v) is 16.1. The average molecular weight is 391 g/mol. The van der Waals surface area contributed by atoms with Gasteiger partial charge >= 0.3 is 6.09 Å². The number of nitrogens with zero attached hydrogens (tertiary/aromatic N) is 2. The minimum Gasteiger partial charge on any atom is -0.450 e. The van der Waals surface area contributed by atoms with Crippen LogP contribution in [0.4, 0.5) is 14.3 Å². The van der Waals surface area contributed by atoms with Crippen LogP contribution in [0.15, 0.2) is 24.3 Å². The van der Waals surface area contributed by atoms with E-state index in [2.05, 4.69) is 10.3 Å². The molecule has 3 rings (SSSR count). The summed E-state index contributed by atoms with van der Waals surface area (Å²) in [5, 5.41) is 3.42. The lowest BCUT2D eigenvalue weighted by molar-refractivity contribution is -0.121. The van der Waals surface area contributed by atoms with Gasteiger partial charge in [0.2, 0.25) is 5.91 Å². The number of hydrogen-bond donors (Lipinski definition) is 1. The van der Waals surface area contributed by atoms with Gasteiger partial charge in [-0.25, -0.2) is 14.2 Å². The van der Waals surface area contributed by atoms with Gasteiger partial charge in [0.1, 0.15) is 5.82 Å². The number of carbonyl (C=O) groups is 2. The minimum absolute atomic E-state index is 0.0853. The van der Waals surface area contributed by atoms with Crippen molar-refractivity contribution in [1.82, 2.24) is 9.88 Å². The highest BCUT2D eigenvalue weighted by molar-refractivity contribution is 7.16. The van der Waals surface area contributed by atoms with Gasteiger partial charge in [-0.1, -0.05) is 0 Å². The number of benzene rings is 1. The quantitative estimate of drug-likeness (QED) is 0.853. The number of hydrogen-bond acceptors (Lipinski definition) is 5. The maximum atomic E-state index is 13.1. The lowest BCUT2D eigenvalue weighted by Gasteiger charge is -2.30. The monoisotopic (exact) mass is 391 g/mol. The van der Waals surface area contributed by atoms with Gasteiger partial charge in [0.15, 0.2) is 5.13 Å². The van der Waals surface area contributed by atoms with Crippen LogP contribution < -0.4 is 5.32 Å². The zero-order chi connectivity index (χ0) is 19.4. The molecule has 1 aromatic carbocycles. The van der Waals surface area contributed by atoms with Crippen molar-refractivity contribution in [3.05, 3.63) is 35.0 Å². The minimum atomic E-state index is -0.323. The molecule has 2 aromatic rings. The first-order valence-corrected chi connectivity index (χ1v) is 9.75. The van der Waals surface area contributed by atoms with Crippen LogP contribution in [-0.2, 0) is 9.53 Å². The van der Waals surface area contributed by atoms with Crippen LogP contribution in [0.5, 0.6) is 0 Å². The molecule has 8 heteroatoms. The van der Waals surface area contributed by atoms with Gasteiger partial charge in [-0.15, -0.1) is 11.3 Å². The Bertz CT molecular complexity index is 814. The number of likely N-dealkylation sites (tertiary alicyclic amines) is 1. The summed E-state index contributed by atoms with van der Waals surface area (Å²) in [7, 11) is 0. The molecule has 0 radical (unpaired) electrons. The summed E-state index contributed by atoms with van der Waals surface area (Å²) in [6.07, 6.45) is 0.871. The molecule has 2 amide bonds. The molecule has 1 saturated heterocycles. The van der Waals surface area contributed by atoms with Crippen molar-refractivity contribution in [2.24, 2.45) is 5.92 Å². The standard InChI is InChI=1S/C19H22FN3O3S/c1-3-26-19(25)23-10-8-14(9-11-23)17(24)22-18-21-16(12(2)27-18)13-4-6-15(20)7-5-13/h4-7,14H,3,8-11H2,1-2H3,(H,21,22,24). The van der Waals surface area contributed by atoms with Gasteiger partial charge in [0.25, 0.3) is 0 Å². The number of halogens is 1. The largest absolute Gasteiger partial charge is 0.450 e. The Morgan fingerprint density at radius 3 is 2.59 bits per heavy atom. The van der Waals surface area contributed by atoms with E-state index in [1.807, 2.05) is 6.92 Å². The number of carbonyl (C=O) groups excluding carboxylic acids is 2. The SMILES string of the molecule is CCOC(=O)N1CCC(C(=O)Nc2nc(-c3ccc(F)cc3)c(C)s2)CC1. The summed E-state index contributed by atoms with van der Waals surface area (Å²) in [6.45, 7) is 5.06. The van der Waals surface area contributed by atoms with Crippen LogP contribution in [0.1, 0.15) is 24.6 Å². The van der Waals surface area contributed by atoms with Gasteiger partial charge in [0, 0.05) is 29.4 Å². The molecule has 144 valence electrons. The maximum absolute atomic E-state index is 13.1. The third-order valence-electron chi connectivity index (χ3n) is 4.54. The van der Waals surface area contributed by atoms with E-state index in [9.17, 15) is 14.0 Å². The molecule has 1 fully saturated rings. The molecule has 0 bridgehead atoms. The summed E-state index contributed by atoms with van der Waals surface area (Å²) >= 11 is 1.40. The van der Waals surface area contributed by atoms with Crippen LogP contribution in [0.2, 0.25) is 0 Å². The van der Waals surface area contributed by atoms with E-state index < -0.39 is 0 Å². The number of amides is 2. The van der Waals surface area contributed by atoms with Crippen LogP contribution in [0.3, 0.4) is 0 Å². The Kier molecular flexibility index (Phi) is 6.05. The van der Waals surface area contributed by atoms with E-state index in [-0.39, 0.29) is 23.7 Å². The molecule has 1 aliphatic rings. The number of anilines is 1. The lowest BCUT2D eigenvalue weighted by Crippen LogP contribution is -2.41. The number of ether oxygens (including phenoxy) is 1. The molecular formula is C19H22FN3O3S. The number of thiazole rings is 1. The Morgan fingerprint density at radius 2 is 1.96 bits per heavy atom. The fraction of sp³-hybridized carbons (Fsp3) is 0.421. The second-order valence-electron chi connectivity index (χ2n) is 6.38. The van der Waals surface area contributed by atoms with Crippen LogP contribution >= 0.6 is 11.3 Å². The maximum Gasteiger partial charge on any atom is 0.409 e. The smallest absolute Gasteiger partial charge is 0.409 e. The van der Waals surface area contributed by atoms with E-state index in [1.54, 1.807) is 24.0 Å². The van der Waals surface area contributed by atoms with Crippen molar-refractivity contribution in [1.29, 1.82) is 0 Å². The number of aryl methyl sites for hydroxylation is 1. The molecule has 1 N–H and O–H groups in total. The molecule has 0 saturated carbocycles. The molecule has 2 heterocycles. The lowest BCUT2D eigenvalue weighted by atomic mass is 9.96. The first kappa shape index (κ1) is 19.3. The molecule has 0 aliphatic carbocycles. The summed E-state index contributed by atoms with van der Waals surface area (Å²) in [5.41, 5.74) is 1.56. The summed E-state index contributed by atoms with van der Waals surface area (Å²) in [5.74, 6) is -0.540. The molecule has 0 atom stereocenters. The normalized spacial score (nSPS) is 14.9. The van der Waals surface area contributed by atoms with E-state index >= 15 is 0 Å². The predicted octanol–water partition coefficient (Wildman–Crippen LogP) is 4.06. The van der Waals surface area contributed by atoms with Crippen LogP contribution in [0.25, 0.3) is 11.3 Å². The number of rotatable bonds is 4. The summed E-state index contributed by atoms with van der Waals surface area (Å²) in [4.78, 5) is 31.4. The molecule has 0 unspecified atom stereocenters. The van der Waals surface area contributed by atoms with Gasteiger partial charge in [0.05, 0.1) is 12.3 Å². The Labute approximate surface area is 161 Å². The number of piperidine rings is 1. The predicted molar refractivity (Wildman–Crippen MR) is 102 cm³/mol. The Balaban J connectivity index is 1.60. The molecule has 1 aliphatic heterocycles.